The molecule has 0 aliphatic heterocycles. The average molecular weight is 175 g/mol. The predicted octanol–water partition coefficient (Wildman–Crippen LogP) is 1.33. The molecule has 0 aliphatic carbocycles. The van der Waals surface area contributed by atoms with Gasteiger partial charge in [0.1, 0.15) is 0 Å². The maximum Gasteiger partial charge on any atom is 0.0782 e. The molecule has 0 rings (SSSR count). The van der Waals surface area contributed by atoms with Crippen LogP contribution in [0.3, 0.4) is 0 Å². The van der Waals surface area contributed by atoms with E-state index in [1.165, 1.54) is 0 Å². The molecule has 0 amide bonds. The monoisotopic (exact) mass is 175 g/mol. The third kappa shape index (κ3) is 4.32. The van der Waals surface area contributed by atoms with E-state index in [9.17, 15) is 0 Å². The fraction of sp³-hybridized carbons (Fsp3) is 0.875. The van der Waals surface area contributed by atoms with Gasteiger partial charge in [-0.3, -0.25) is 0 Å². The highest BCUT2D eigenvalue weighted by Crippen LogP contribution is 1.97. The summed E-state index contributed by atoms with van der Waals surface area (Å²) < 4.78 is 0. The highest BCUT2D eigenvalue weighted by molar-refractivity contribution is 7.80. The summed E-state index contributed by atoms with van der Waals surface area (Å²) >= 11 is 5.06. The number of aliphatic hydroxyl groups is 1. The molecule has 0 aliphatic rings. The van der Waals surface area contributed by atoms with Crippen LogP contribution in [0.1, 0.15) is 27.2 Å². The lowest BCUT2D eigenvalue weighted by atomic mass is 10.2. The van der Waals surface area contributed by atoms with E-state index in [2.05, 4.69) is 5.32 Å². The quantitative estimate of drug-likeness (QED) is 0.632. The zero-order chi connectivity index (χ0) is 8.85. The van der Waals surface area contributed by atoms with Crippen LogP contribution in [0.2, 0.25) is 0 Å². The molecule has 0 aromatic rings. The zero-order valence-electron chi connectivity index (χ0n) is 7.42. The van der Waals surface area contributed by atoms with Crippen molar-refractivity contribution in [3.8, 4) is 0 Å². The van der Waals surface area contributed by atoms with Crippen LogP contribution in [-0.4, -0.2) is 22.7 Å². The Morgan fingerprint density at radius 1 is 1.55 bits per heavy atom. The Hall–Kier alpha value is -0.150. The van der Waals surface area contributed by atoms with E-state index in [0.29, 0.717) is 5.92 Å². The van der Waals surface area contributed by atoms with Gasteiger partial charge < -0.3 is 10.4 Å². The molecule has 0 heterocycles. The summed E-state index contributed by atoms with van der Waals surface area (Å²) in [5.74, 6) is 0.366. The largest absolute Gasteiger partial charge is 0.394 e. The number of thiocarbonyl (C=S) groups is 1. The van der Waals surface area contributed by atoms with Crippen molar-refractivity contribution in [3.63, 3.8) is 0 Å². The molecule has 0 radical (unpaired) electrons. The van der Waals surface area contributed by atoms with E-state index >= 15 is 0 Å². The van der Waals surface area contributed by atoms with Crippen LogP contribution in [0, 0.1) is 5.92 Å². The predicted molar refractivity (Wildman–Crippen MR) is 51.7 cm³/mol. The second-order valence-corrected chi connectivity index (χ2v) is 3.39. The third-order valence-electron chi connectivity index (χ3n) is 1.58. The van der Waals surface area contributed by atoms with Crippen LogP contribution in [0.4, 0.5) is 0 Å². The van der Waals surface area contributed by atoms with Crippen molar-refractivity contribution in [1.29, 1.82) is 0 Å². The van der Waals surface area contributed by atoms with Gasteiger partial charge in [0, 0.05) is 12.0 Å². The number of hydrogen-bond donors (Lipinski definition) is 2. The summed E-state index contributed by atoms with van der Waals surface area (Å²) in [4.78, 5) is 0.839. The molecule has 11 heavy (non-hydrogen) atoms. The van der Waals surface area contributed by atoms with Crippen LogP contribution < -0.4 is 5.32 Å². The second kappa shape index (κ2) is 5.49. The van der Waals surface area contributed by atoms with Crippen LogP contribution >= 0.6 is 12.2 Å². The molecule has 2 N–H and O–H groups in total. The Kier molecular flexibility index (Phi) is 5.42. The molecule has 0 fully saturated rings. The Morgan fingerprint density at radius 3 is 2.36 bits per heavy atom. The van der Waals surface area contributed by atoms with Crippen LogP contribution in [0.5, 0.6) is 0 Å². The van der Waals surface area contributed by atoms with Crippen molar-refractivity contribution in [3.05, 3.63) is 0 Å². The summed E-state index contributed by atoms with van der Waals surface area (Å²) in [6, 6.07) is 0.130. The molecule has 0 saturated carbocycles. The molecule has 66 valence electrons. The lowest BCUT2D eigenvalue weighted by Crippen LogP contribution is -2.38. The lowest BCUT2D eigenvalue weighted by molar-refractivity contribution is 0.252. The van der Waals surface area contributed by atoms with E-state index in [4.69, 9.17) is 17.3 Å². The van der Waals surface area contributed by atoms with E-state index in [-0.39, 0.29) is 12.6 Å². The third-order valence-corrected chi connectivity index (χ3v) is 2.17. The molecular formula is C8H17NOS. The molecule has 1 atom stereocenters. The molecule has 0 bridgehead atoms. The Bertz CT molecular complexity index is 121. The summed E-state index contributed by atoms with van der Waals surface area (Å²) in [6.45, 7) is 6.26. The standard InChI is InChI=1S/C8H17NOS/c1-4-7(5-10)9-8(11)6(2)3/h6-7,10H,4-5H2,1-3H3,(H,9,11)/t7-/m1/s1. The highest BCUT2D eigenvalue weighted by Gasteiger charge is 2.07. The summed E-state index contributed by atoms with van der Waals surface area (Å²) in [6.07, 6.45) is 0.906. The summed E-state index contributed by atoms with van der Waals surface area (Å²) in [7, 11) is 0. The minimum Gasteiger partial charge on any atom is -0.394 e. The van der Waals surface area contributed by atoms with Gasteiger partial charge in [0.05, 0.1) is 11.6 Å². The van der Waals surface area contributed by atoms with E-state index in [1.54, 1.807) is 0 Å². The average Bonchev–Trinajstić information content (AvgIpc) is 1.99. The number of aliphatic hydroxyl groups excluding tert-OH is 1. The minimum atomic E-state index is 0.130. The lowest BCUT2D eigenvalue weighted by Gasteiger charge is -2.17. The number of rotatable bonds is 4. The highest BCUT2D eigenvalue weighted by atomic mass is 32.1. The molecular weight excluding hydrogens is 158 g/mol. The van der Waals surface area contributed by atoms with E-state index < -0.39 is 0 Å². The van der Waals surface area contributed by atoms with Gasteiger partial charge in [0.15, 0.2) is 0 Å². The maximum absolute atomic E-state index is 8.83. The molecule has 0 aromatic heterocycles. The molecule has 3 heteroatoms. The topological polar surface area (TPSA) is 32.3 Å². The summed E-state index contributed by atoms with van der Waals surface area (Å²) in [5, 5.41) is 11.9. The Balaban J connectivity index is 3.72. The van der Waals surface area contributed by atoms with E-state index in [0.717, 1.165) is 11.4 Å². The molecule has 0 saturated heterocycles. The molecule has 0 unspecified atom stereocenters. The molecule has 2 nitrogen and oxygen atoms in total. The van der Waals surface area contributed by atoms with Crippen molar-refractivity contribution < 1.29 is 5.11 Å². The Morgan fingerprint density at radius 2 is 2.09 bits per heavy atom. The fourth-order valence-corrected chi connectivity index (χ4v) is 0.811. The van der Waals surface area contributed by atoms with Gasteiger partial charge >= 0.3 is 0 Å². The van der Waals surface area contributed by atoms with Gasteiger partial charge in [-0.15, -0.1) is 0 Å². The zero-order valence-corrected chi connectivity index (χ0v) is 8.24. The molecule has 0 aromatic carbocycles. The summed E-state index contributed by atoms with van der Waals surface area (Å²) in [5.41, 5.74) is 0. The second-order valence-electron chi connectivity index (χ2n) is 2.95. The number of nitrogens with one attached hydrogen (secondary N) is 1. The van der Waals surface area contributed by atoms with Crippen molar-refractivity contribution in [2.75, 3.05) is 6.61 Å². The Labute approximate surface area is 74.0 Å². The SMILES string of the molecule is CC[C@H](CO)NC(=S)C(C)C. The van der Waals surface area contributed by atoms with Crippen molar-refractivity contribution in [1.82, 2.24) is 5.32 Å². The smallest absolute Gasteiger partial charge is 0.0782 e. The first-order valence-electron chi connectivity index (χ1n) is 4.03. The van der Waals surface area contributed by atoms with Gasteiger partial charge in [0.2, 0.25) is 0 Å². The molecule has 0 spiro atoms. The van der Waals surface area contributed by atoms with Gasteiger partial charge in [0.25, 0.3) is 0 Å². The maximum atomic E-state index is 8.83. The van der Waals surface area contributed by atoms with Gasteiger partial charge in [-0.1, -0.05) is 33.0 Å². The fourth-order valence-electron chi connectivity index (χ4n) is 0.645. The van der Waals surface area contributed by atoms with Gasteiger partial charge in [-0.25, -0.2) is 0 Å². The first-order valence-corrected chi connectivity index (χ1v) is 4.43. The first kappa shape index (κ1) is 10.8. The van der Waals surface area contributed by atoms with Crippen molar-refractivity contribution in [2.24, 2.45) is 5.92 Å². The van der Waals surface area contributed by atoms with Gasteiger partial charge in [-0.05, 0) is 6.42 Å². The van der Waals surface area contributed by atoms with E-state index in [1.807, 2.05) is 20.8 Å². The van der Waals surface area contributed by atoms with Crippen LogP contribution in [0.25, 0.3) is 0 Å². The van der Waals surface area contributed by atoms with Crippen LogP contribution in [-0.2, 0) is 0 Å². The normalized spacial score (nSPS) is 13.2. The van der Waals surface area contributed by atoms with Crippen molar-refractivity contribution >= 4 is 17.2 Å². The van der Waals surface area contributed by atoms with Crippen LogP contribution in [0.15, 0.2) is 0 Å². The van der Waals surface area contributed by atoms with Gasteiger partial charge in [-0.2, -0.15) is 0 Å². The number of hydrogen-bond acceptors (Lipinski definition) is 2. The van der Waals surface area contributed by atoms with Crippen molar-refractivity contribution in [2.45, 2.75) is 33.2 Å². The minimum absolute atomic E-state index is 0.130. The first-order chi connectivity index (χ1) is 5.11.